The Labute approximate surface area is 143 Å². The highest BCUT2D eigenvalue weighted by Crippen LogP contribution is 2.13. The molecule has 2 aromatic carbocycles. The van der Waals surface area contributed by atoms with Crippen molar-refractivity contribution in [1.29, 1.82) is 0 Å². The van der Waals surface area contributed by atoms with Gasteiger partial charge in [0.1, 0.15) is 0 Å². The summed E-state index contributed by atoms with van der Waals surface area (Å²) in [5, 5.41) is 5.51. The van der Waals surface area contributed by atoms with Crippen molar-refractivity contribution in [2.24, 2.45) is 0 Å². The molecule has 0 aliphatic rings. The molecule has 0 radical (unpaired) electrons. The third-order valence-electron chi connectivity index (χ3n) is 4.15. The SMILES string of the molecule is Cc1ccc(C(=O)NCC(=O)NCC(C)c2ccccc2)cc1C. The Bertz CT molecular complexity index is 711. The molecule has 4 nitrogen and oxygen atoms in total. The summed E-state index contributed by atoms with van der Waals surface area (Å²) in [6, 6.07) is 15.5. The van der Waals surface area contributed by atoms with Crippen LogP contribution < -0.4 is 10.6 Å². The van der Waals surface area contributed by atoms with E-state index in [0.29, 0.717) is 12.1 Å². The van der Waals surface area contributed by atoms with Gasteiger partial charge in [0.05, 0.1) is 6.54 Å². The van der Waals surface area contributed by atoms with E-state index in [1.807, 2.05) is 56.3 Å². The maximum atomic E-state index is 12.1. The minimum Gasteiger partial charge on any atom is -0.354 e. The van der Waals surface area contributed by atoms with Crippen molar-refractivity contribution in [3.05, 3.63) is 70.8 Å². The number of carbonyl (C=O) groups excluding carboxylic acids is 2. The van der Waals surface area contributed by atoms with E-state index in [1.54, 1.807) is 6.07 Å². The summed E-state index contributed by atoms with van der Waals surface area (Å²) in [6.07, 6.45) is 0. The number of aryl methyl sites for hydroxylation is 2. The van der Waals surface area contributed by atoms with Crippen LogP contribution in [0.4, 0.5) is 0 Å². The summed E-state index contributed by atoms with van der Waals surface area (Å²) < 4.78 is 0. The number of amides is 2. The summed E-state index contributed by atoms with van der Waals surface area (Å²) in [5.74, 6) is -0.190. The van der Waals surface area contributed by atoms with Gasteiger partial charge < -0.3 is 10.6 Å². The molecule has 0 fully saturated rings. The zero-order valence-electron chi connectivity index (χ0n) is 14.4. The Balaban J connectivity index is 1.78. The third-order valence-corrected chi connectivity index (χ3v) is 4.15. The van der Waals surface area contributed by atoms with Crippen molar-refractivity contribution >= 4 is 11.8 Å². The van der Waals surface area contributed by atoms with Crippen molar-refractivity contribution in [2.45, 2.75) is 26.7 Å². The van der Waals surface area contributed by atoms with E-state index in [1.165, 1.54) is 5.56 Å². The normalized spacial score (nSPS) is 11.6. The van der Waals surface area contributed by atoms with Gasteiger partial charge in [-0.15, -0.1) is 0 Å². The number of hydrogen-bond donors (Lipinski definition) is 2. The Morgan fingerprint density at radius 3 is 2.33 bits per heavy atom. The van der Waals surface area contributed by atoms with E-state index in [9.17, 15) is 9.59 Å². The standard InChI is InChI=1S/C20H24N2O2/c1-14-9-10-18(11-15(14)2)20(24)22-13-19(23)21-12-16(3)17-7-5-4-6-8-17/h4-11,16H,12-13H2,1-3H3,(H,21,23)(H,22,24). The molecule has 0 aliphatic carbocycles. The van der Waals surface area contributed by atoms with E-state index in [2.05, 4.69) is 17.6 Å². The minimum atomic E-state index is -0.232. The molecule has 4 heteroatoms. The van der Waals surface area contributed by atoms with Gasteiger partial charge in [0, 0.05) is 12.1 Å². The molecule has 2 aromatic rings. The lowest BCUT2D eigenvalue weighted by Crippen LogP contribution is -2.38. The van der Waals surface area contributed by atoms with Crippen LogP contribution in [0.5, 0.6) is 0 Å². The highest BCUT2D eigenvalue weighted by molar-refractivity contribution is 5.96. The summed E-state index contributed by atoms with van der Waals surface area (Å²) in [6.45, 7) is 6.54. The highest BCUT2D eigenvalue weighted by Gasteiger charge is 2.10. The van der Waals surface area contributed by atoms with Gasteiger partial charge in [0.25, 0.3) is 5.91 Å². The molecule has 0 aromatic heterocycles. The van der Waals surface area contributed by atoms with Gasteiger partial charge in [-0.25, -0.2) is 0 Å². The average molecular weight is 324 g/mol. The highest BCUT2D eigenvalue weighted by atomic mass is 16.2. The maximum absolute atomic E-state index is 12.1. The molecule has 0 saturated carbocycles. The van der Waals surface area contributed by atoms with E-state index >= 15 is 0 Å². The summed E-state index contributed by atoms with van der Waals surface area (Å²) in [7, 11) is 0. The Morgan fingerprint density at radius 1 is 0.958 bits per heavy atom. The van der Waals surface area contributed by atoms with E-state index in [-0.39, 0.29) is 24.3 Å². The second kappa shape index (κ2) is 8.29. The van der Waals surface area contributed by atoms with Gasteiger partial charge in [0.2, 0.25) is 5.91 Å². The summed E-state index contributed by atoms with van der Waals surface area (Å²) in [4.78, 5) is 24.0. The second-order valence-corrected chi connectivity index (χ2v) is 6.10. The fraction of sp³-hybridized carbons (Fsp3) is 0.300. The van der Waals surface area contributed by atoms with E-state index in [0.717, 1.165) is 11.1 Å². The van der Waals surface area contributed by atoms with Crippen LogP contribution in [0.2, 0.25) is 0 Å². The van der Waals surface area contributed by atoms with Crippen LogP contribution in [0.15, 0.2) is 48.5 Å². The van der Waals surface area contributed by atoms with Gasteiger partial charge in [-0.05, 0) is 48.6 Å². The molecule has 24 heavy (non-hydrogen) atoms. The van der Waals surface area contributed by atoms with Crippen LogP contribution in [0.25, 0.3) is 0 Å². The lowest BCUT2D eigenvalue weighted by Gasteiger charge is -2.13. The van der Waals surface area contributed by atoms with Crippen molar-refractivity contribution in [1.82, 2.24) is 10.6 Å². The van der Waals surface area contributed by atoms with Crippen LogP contribution in [0.1, 0.15) is 39.9 Å². The zero-order chi connectivity index (χ0) is 17.5. The Kier molecular flexibility index (Phi) is 6.13. The molecule has 1 atom stereocenters. The molecule has 0 bridgehead atoms. The quantitative estimate of drug-likeness (QED) is 0.858. The van der Waals surface area contributed by atoms with Crippen LogP contribution in [-0.2, 0) is 4.79 Å². The van der Waals surface area contributed by atoms with Gasteiger partial charge in [-0.3, -0.25) is 9.59 Å². The van der Waals surface area contributed by atoms with Gasteiger partial charge >= 0.3 is 0 Å². The number of hydrogen-bond acceptors (Lipinski definition) is 2. The van der Waals surface area contributed by atoms with Crippen molar-refractivity contribution < 1.29 is 9.59 Å². The molecule has 126 valence electrons. The molecule has 0 spiro atoms. The Hall–Kier alpha value is -2.62. The van der Waals surface area contributed by atoms with Crippen LogP contribution in [0, 0.1) is 13.8 Å². The van der Waals surface area contributed by atoms with Crippen LogP contribution >= 0.6 is 0 Å². The van der Waals surface area contributed by atoms with Crippen molar-refractivity contribution in [3.63, 3.8) is 0 Å². The lowest BCUT2D eigenvalue weighted by atomic mass is 10.0. The first kappa shape index (κ1) is 17.7. The van der Waals surface area contributed by atoms with E-state index < -0.39 is 0 Å². The number of rotatable bonds is 6. The molecule has 2 rings (SSSR count). The first-order valence-corrected chi connectivity index (χ1v) is 8.14. The number of nitrogens with one attached hydrogen (secondary N) is 2. The molecule has 0 aliphatic heterocycles. The molecule has 0 saturated heterocycles. The van der Waals surface area contributed by atoms with Crippen LogP contribution in [-0.4, -0.2) is 24.9 Å². The summed E-state index contributed by atoms with van der Waals surface area (Å²) >= 11 is 0. The molecule has 1 unspecified atom stereocenters. The Morgan fingerprint density at radius 2 is 1.67 bits per heavy atom. The van der Waals surface area contributed by atoms with Gasteiger partial charge in [-0.2, -0.15) is 0 Å². The fourth-order valence-corrected chi connectivity index (χ4v) is 2.37. The van der Waals surface area contributed by atoms with E-state index in [4.69, 9.17) is 0 Å². The molecular weight excluding hydrogens is 300 g/mol. The number of carbonyl (C=O) groups is 2. The van der Waals surface area contributed by atoms with Crippen molar-refractivity contribution in [2.75, 3.05) is 13.1 Å². The maximum Gasteiger partial charge on any atom is 0.251 e. The zero-order valence-corrected chi connectivity index (χ0v) is 14.4. The fourth-order valence-electron chi connectivity index (χ4n) is 2.37. The molecular formula is C20H24N2O2. The van der Waals surface area contributed by atoms with Gasteiger partial charge in [-0.1, -0.05) is 43.3 Å². The van der Waals surface area contributed by atoms with Crippen LogP contribution in [0.3, 0.4) is 0 Å². The smallest absolute Gasteiger partial charge is 0.251 e. The molecule has 2 amide bonds. The third kappa shape index (κ3) is 4.95. The topological polar surface area (TPSA) is 58.2 Å². The average Bonchev–Trinajstić information content (AvgIpc) is 2.60. The van der Waals surface area contributed by atoms with Crippen molar-refractivity contribution in [3.8, 4) is 0 Å². The van der Waals surface area contributed by atoms with Gasteiger partial charge in [0.15, 0.2) is 0 Å². The predicted octanol–water partition coefficient (Wildman–Crippen LogP) is 2.95. The monoisotopic (exact) mass is 324 g/mol. The first-order valence-electron chi connectivity index (χ1n) is 8.14. The number of benzene rings is 2. The predicted molar refractivity (Wildman–Crippen MR) is 96.1 cm³/mol. The molecule has 0 heterocycles. The minimum absolute atomic E-state index is 0.0206. The molecule has 2 N–H and O–H groups in total. The summed E-state index contributed by atoms with van der Waals surface area (Å²) in [5.41, 5.74) is 3.95. The second-order valence-electron chi connectivity index (χ2n) is 6.10. The lowest BCUT2D eigenvalue weighted by molar-refractivity contribution is -0.120. The largest absolute Gasteiger partial charge is 0.354 e. The first-order chi connectivity index (χ1) is 11.5.